The lowest BCUT2D eigenvalue weighted by Crippen LogP contribution is -2.44. The molecule has 2 aromatic carbocycles. The molecule has 2 N–H and O–H groups in total. The van der Waals surface area contributed by atoms with Crippen LogP contribution in [-0.2, 0) is 11.0 Å². The Hall–Kier alpha value is -4.41. The van der Waals surface area contributed by atoms with E-state index in [-0.39, 0.29) is 16.7 Å². The second-order valence-electron chi connectivity index (χ2n) is 9.58. The van der Waals surface area contributed by atoms with Gasteiger partial charge in [0.05, 0.1) is 27.9 Å². The number of pyridine rings is 1. The Morgan fingerprint density at radius 2 is 1.76 bits per heavy atom. The van der Waals surface area contributed by atoms with Crippen molar-refractivity contribution in [3.8, 4) is 11.4 Å². The Morgan fingerprint density at radius 3 is 2.42 bits per heavy atom. The van der Waals surface area contributed by atoms with Crippen LogP contribution in [0.4, 0.5) is 19.0 Å². The summed E-state index contributed by atoms with van der Waals surface area (Å²) in [5.74, 6) is 0.280. The summed E-state index contributed by atoms with van der Waals surface area (Å²) in [5.41, 5.74) is 2.22. The van der Waals surface area contributed by atoms with Crippen LogP contribution in [0.5, 0.6) is 0 Å². The second-order valence-corrected chi connectivity index (χ2v) is 9.58. The van der Waals surface area contributed by atoms with Crippen molar-refractivity contribution in [2.24, 2.45) is 5.16 Å². The van der Waals surface area contributed by atoms with Crippen molar-refractivity contribution in [1.82, 2.24) is 15.0 Å². The minimum absolute atomic E-state index is 0.228. The summed E-state index contributed by atoms with van der Waals surface area (Å²) >= 11 is 0. The van der Waals surface area contributed by atoms with Gasteiger partial charge in [0, 0.05) is 44.1 Å². The lowest BCUT2D eigenvalue weighted by Gasteiger charge is -2.37. The van der Waals surface area contributed by atoms with Crippen molar-refractivity contribution in [2.75, 3.05) is 18.0 Å². The molecule has 194 valence electrons. The van der Waals surface area contributed by atoms with Crippen LogP contribution in [0.3, 0.4) is 0 Å². The highest BCUT2D eigenvalue weighted by molar-refractivity contribution is 6.02. The number of fused-ring (bicyclic) bond motifs is 1. The number of imidazole rings is 1. The van der Waals surface area contributed by atoms with Gasteiger partial charge in [0.15, 0.2) is 0 Å². The first-order valence-corrected chi connectivity index (χ1v) is 12.1. The number of piperidine rings is 1. The molecule has 6 rings (SSSR count). The Kier molecular flexibility index (Phi) is 5.59. The average Bonchev–Trinajstić information content (AvgIpc) is 3.53. The molecule has 0 amide bonds. The maximum absolute atomic E-state index is 13.0. The number of H-pyrrole nitrogens is 1. The molecule has 1 saturated heterocycles. The molecule has 0 saturated carbocycles. The smallest absolute Gasteiger partial charge is 0.416 e. The van der Waals surface area contributed by atoms with Gasteiger partial charge < -0.3 is 19.8 Å². The van der Waals surface area contributed by atoms with E-state index in [0.717, 1.165) is 55.2 Å². The predicted octanol–water partition coefficient (Wildman–Crippen LogP) is 5.51. The number of rotatable bonds is 4. The number of hydrogen-bond acceptors (Lipinski definition) is 6. The molecule has 11 heteroatoms. The molecule has 0 radical (unpaired) electrons. The first-order chi connectivity index (χ1) is 18.2. The van der Waals surface area contributed by atoms with Crippen LogP contribution < -0.4 is 4.90 Å². The fourth-order valence-electron chi connectivity index (χ4n) is 4.93. The Balaban J connectivity index is 1.10. The van der Waals surface area contributed by atoms with Crippen molar-refractivity contribution >= 4 is 28.5 Å². The van der Waals surface area contributed by atoms with E-state index >= 15 is 0 Å². The molecule has 0 atom stereocenters. The average molecular weight is 521 g/mol. The van der Waals surface area contributed by atoms with E-state index in [1.54, 1.807) is 30.5 Å². The number of aromatic carboxylic acids is 1. The molecule has 0 unspecified atom stereocenters. The number of alkyl halides is 3. The molecule has 2 aromatic heterocycles. The summed E-state index contributed by atoms with van der Waals surface area (Å²) < 4.78 is 39.0. The third-order valence-corrected chi connectivity index (χ3v) is 7.13. The lowest BCUT2D eigenvalue weighted by molar-refractivity contribution is -0.137. The van der Waals surface area contributed by atoms with Gasteiger partial charge in [-0.15, -0.1) is 0 Å². The predicted molar refractivity (Wildman–Crippen MR) is 134 cm³/mol. The number of aromatic nitrogens is 3. The van der Waals surface area contributed by atoms with E-state index in [2.05, 4.69) is 25.0 Å². The lowest BCUT2D eigenvalue weighted by atomic mass is 9.85. The second kappa shape index (κ2) is 8.86. The number of carboxylic acids is 1. The van der Waals surface area contributed by atoms with Crippen LogP contribution in [0.15, 0.2) is 65.9 Å². The van der Waals surface area contributed by atoms with Gasteiger partial charge in [0.2, 0.25) is 0 Å². The monoisotopic (exact) mass is 521 g/mol. The molecule has 38 heavy (non-hydrogen) atoms. The van der Waals surface area contributed by atoms with Crippen molar-refractivity contribution in [3.05, 3.63) is 77.5 Å². The summed E-state index contributed by atoms with van der Waals surface area (Å²) in [4.78, 5) is 31.1. The first-order valence-electron chi connectivity index (χ1n) is 12.1. The molecular formula is C27H22F3N5O3. The van der Waals surface area contributed by atoms with E-state index in [4.69, 9.17) is 9.94 Å². The summed E-state index contributed by atoms with van der Waals surface area (Å²) in [7, 11) is 0. The van der Waals surface area contributed by atoms with Crippen molar-refractivity contribution in [1.29, 1.82) is 0 Å². The largest absolute Gasteiger partial charge is 0.478 e. The van der Waals surface area contributed by atoms with E-state index in [0.29, 0.717) is 23.3 Å². The number of carboxylic acid groups (broad SMARTS) is 1. The molecule has 0 bridgehead atoms. The number of hydrogen-bond donors (Lipinski definition) is 2. The molecular weight excluding hydrogens is 499 g/mol. The highest BCUT2D eigenvalue weighted by Gasteiger charge is 2.42. The molecule has 1 fully saturated rings. The molecule has 4 heterocycles. The SMILES string of the molecule is O=C(O)c1ccc(C2=NOC3(CCN(c4ccc(-c5nc6cc(C(F)(F)F)ccc6[nH]5)cn4)CC3)C2)cc1. The molecule has 8 nitrogen and oxygen atoms in total. The molecule has 2 aliphatic heterocycles. The van der Waals surface area contributed by atoms with Crippen molar-refractivity contribution in [2.45, 2.75) is 31.0 Å². The Bertz CT molecular complexity index is 1540. The summed E-state index contributed by atoms with van der Waals surface area (Å²) in [6, 6.07) is 13.8. The zero-order valence-electron chi connectivity index (χ0n) is 20.0. The van der Waals surface area contributed by atoms with Gasteiger partial charge in [-0.25, -0.2) is 14.8 Å². The molecule has 4 aromatic rings. The normalized spacial score (nSPS) is 17.0. The van der Waals surface area contributed by atoms with Gasteiger partial charge in [-0.2, -0.15) is 13.2 Å². The standard InChI is InChI=1S/C27H22F3N5O3/c28-27(29,30)19-6-7-20-21(13-19)33-24(32-20)18-5-8-23(31-15-18)35-11-9-26(10-12-35)14-22(34-38-26)16-1-3-17(4-2-16)25(36)37/h1-8,13,15H,9-12,14H2,(H,32,33)(H,36,37). The van der Waals surface area contributed by atoms with Crippen LogP contribution in [-0.4, -0.2) is 50.4 Å². The Morgan fingerprint density at radius 1 is 1.03 bits per heavy atom. The highest BCUT2D eigenvalue weighted by Crippen LogP contribution is 2.37. The van der Waals surface area contributed by atoms with Crippen LogP contribution in [0.2, 0.25) is 0 Å². The van der Waals surface area contributed by atoms with Gasteiger partial charge in [0.1, 0.15) is 17.2 Å². The number of halogens is 3. The van der Waals surface area contributed by atoms with Gasteiger partial charge in [0.25, 0.3) is 0 Å². The quantitative estimate of drug-likeness (QED) is 0.367. The van der Waals surface area contributed by atoms with E-state index in [1.807, 2.05) is 12.1 Å². The number of carbonyl (C=O) groups is 1. The van der Waals surface area contributed by atoms with Gasteiger partial charge in [-0.3, -0.25) is 0 Å². The topological polar surface area (TPSA) is 104 Å². The zero-order valence-corrected chi connectivity index (χ0v) is 20.0. The van der Waals surface area contributed by atoms with E-state index in [9.17, 15) is 18.0 Å². The van der Waals surface area contributed by atoms with Crippen molar-refractivity contribution in [3.63, 3.8) is 0 Å². The fourth-order valence-corrected chi connectivity index (χ4v) is 4.93. The maximum atomic E-state index is 13.0. The van der Waals surface area contributed by atoms with Crippen molar-refractivity contribution < 1.29 is 27.9 Å². The zero-order chi connectivity index (χ0) is 26.5. The van der Waals surface area contributed by atoms with E-state index < -0.39 is 17.7 Å². The van der Waals surface area contributed by atoms with Gasteiger partial charge >= 0.3 is 12.1 Å². The van der Waals surface area contributed by atoms with Crippen LogP contribution in [0.25, 0.3) is 22.4 Å². The first kappa shape index (κ1) is 24.0. The fraction of sp³-hybridized carbons (Fsp3) is 0.259. The summed E-state index contributed by atoms with van der Waals surface area (Å²) in [6.45, 7) is 1.44. The minimum Gasteiger partial charge on any atom is -0.478 e. The number of benzene rings is 2. The number of aromatic amines is 1. The number of nitrogens with one attached hydrogen (secondary N) is 1. The maximum Gasteiger partial charge on any atom is 0.416 e. The minimum atomic E-state index is -4.42. The molecule has 1 spiro atoms. The highest BCUT2D eigenvalue weighted by atomic mass is 19.4. The Labute approximate surface area is 214 Å². The third-order valence-electron chi connectivity index (χ3n) is 7.13. The van der Waals surface area contributed by atoms with Crippen LogP contribution in [0, 0.1) is 0 Å². The summed E-state index contributed by atoms with van der Waals surface area (Å²) in [5, 5.41) is 13.4. The van der Waals surface area contributed by atoms with Gasteiger partial charge in [-0.05, 0) is 48.0 Å². The van der Waals surface area contributed by atoms with Crippen LogP contribution >= 0.6 is 0 Å². The number of anilines is 1. The van der Waals surface area contributed by atoms with Crippen LogP contribution in [0.1, 0.15) is 40.7 Å². The third kappa shape index (κ3) is 4.44. The molecule has 0 aliphatic carbocycles. The van der Waals surface area contributed by atoms with Gasteiger partial charge in [-0.1, -0.05) is 17.3 Å². The van der Waals surface area contributed by atoms with E-state index in [1.165, 1.54) is 6.07 Å². The summed E-state index contributed by atoms with van der Waals surface area (Å²) in [6.07, 6.45) is -0.601. The number of oxime groups is 1. The molecule has 2 aliphatic rings. The number of nitrogens with zero attached hydrogens (tertiary/aromatic N) is 4.